The Hall–Kier alpha value is -0.780. The summed E-state index contributed by atoms with van der Waals surface area (Å²) in [6.45, 7) is 6.79. The molecule has 0 saturated heterocycles. The summed E-state index contributed by atoms with van der Waals surface area (Å²) in [5, 5.41) is 0. The molecule has 0 aromatic rings. The molecule has 1 aliphatic carbocycles. The van der Waals surface area contributed by atoms with E-state index < -0.39 is 0 Å². The lowest BCUT2D eigenvalue weighted by Gasteiger charge is -2.10. The van der Waals surface area contributed by atoms with Gasteiger partial charge in [0.2, 0.25) is 0 Å². The molecule has 0 radical (unpaired) electrons. The molecule has 0 heterocycles. The SMILES string of the molecule is CCC1=CC(C(C)CC)=CC=CC1. The normalized spacial score (nSPS) is 19.0. The Balaban J connectivity index is 2.81. The molecule has 0 fully saturated rings. The summed E-state index contributed by atoms with van der Waals surface area (Å²) in [6, 6.07) is 0. The largest absolute Gasteiger partial charge is 0.0805 e. The van der Waals surface area contributed by atoms with Crippen LogP contribution in [-0.2, 0) is 0 Å². The lowest BCUT2D eigenvalue weighted by Crippen LogP contribution is -1.95. The minimum Gasteiger partial charge on any atom is -0.0805 e. The fourth-order valence-corrected chi connectivity index (χ4v) is 1.53. The van der Waals surface area contributed by atoms with E-state index in [0.29, 0.717) is 5.92 Å². The summed E-state index contributed by atoms with van der Waals surface area (Å²) in [5.41, 5.74) is 3.05. The van der Waals surface area contributed by atoms with Crippen LogP contribution in [0.25, 0.3) is 0 Å². The van der Waals surface area contributed by atoms with Crippen molar-refractivity contribution in [1.29, 1.82) is 0 Å². The molecule has 72 valence electrons. The van der Waals surface area contributed by atoms with Crippen LogP contribution in [0.5, 0.6) is 0 Å². The third kappa shape index (κ3) is 2.87. The number of allylic oxidation sites excluding steroid dienone is 6. The number of hydrogen-bond donors (Lipinski definition) is 0. The highest BCUT2D eigenvalue weighted by Gasteiger charge is 2.05. The lowest BCUT2D eigenvalue weighted by molar-refractivity contribution is 0.669. The highest BCUT2D eigenvalue weighted by Crippen LogP contribution is 2.22. The van der Waals surface area contributed by atoms with Gasteiger partial charge < -0.3 is 0 Å². The van der Waals surface area contributed by atoms with E-state index in [-0.39, 0.29) is 0 Å². The van der Waals surface area contributed by atoms with Gasteiger partial charge in [0.05, 0.1) is 0 Å². The summed E-state index contributed by atoms with van der Waals surface area (Å²) in [4.78, 5) is 0. The summed E-state index contributed by atoms with van der Waals surface area (Å²) < 4.78 is 0. The van der Waals surface area contributed by atoms with Gasteiger partial charge in [0.25, 0.3) is 0 Å². The van der Waals surface area contributed by atoms with Crippen molar-refractivity contribution in [2.24, 2.45) is 5.92 Å². The molecule has 0 saturated carbocycles. The second-order valence-electron chi connectivity index (χ2n) is 3.76. The molecule has 0 aromatic carbocycles. The predicted molar refractivity (Wildman–Crippen MR) is 59.7 cm³/mol. The van der Waals surface area contributed by atoms with Gasteiger partial charge in [0.15, 0.2) is 0 Å². The maximum Gasteiger partial charge on any atom is -0.0133 e. The quantitative estimate of drug-likeness (QED) is 0.603. The Labute approximate surface area is 82.0 Å². The van der Waals surface area contributed by atoms with Crippen molar-refractivity contribution < 1.29 is 0 Å². The first-order valence-corrected chi connectivity index (χ1v) is 5.34. The van der Waals surface area contributed by atoms with Gasteiger partial charge in [-0.25, -0.2) is 0 Å². The zero-order valence-electron chi connectivity index (χ0n) is 9.01. The second-order valence-corrected chi connectivity index (χ2v) is 3.76. The maximum absolute atomic E-state index is 2.38. The van der Waals surface area contributed by atoms with Gasteiger partial charge in [-0.05, 0) is 30.8 Å². The van der Waals surface area contributed by atoms with Crippen molar-refractivity contribution in [3.63, 3.8) is 0 Å². The van der Waals surface area contributed by atoms with Crippen molar-refractivity contribution in [3.05, 3.63) is 35.5 Å². The van der Waals surface area contributed by atoms with E-state index in [9.17, 15) is 0 Å². The van der Waals surface area contributed by atoms with Crippen molar-refractivity contribution in [3.8, 4) is 0 Å². The third-order valence-electron chi connectivity index (χ3n) is 2.81. The molecule has 0 amide bonds. The molecule has 0 aromatic heterocycles. The van der Waals surface area contributed by atoms with Crippen LogP contribution in [0.4, 0.5) is 0 Å². The fraction of sp³-hybridized carbons (Fsp3) is 0.538. The van der Waals surface area contributed by atoms with Gasteiger partial charge in [0, 0.05) is 0 Å². The van der Waals surface area contributed by atoms with Crippen LogP contribution in [0.15, 0.2) is 35.5 Å². The van der Waals surface area contributed by atoms with Gasteiger partial charge in [-0.15, -0.1) is 0 Å². The zero-order chi connectivity index (χ0) is 9.68. The summed E-state index contributed by atoms with van der Waals surface area (Å²) in [5.74, 6) is 0.698. The molecule has 1 rings (SSSR count). The van der Waals surface area contributed by atoms with Crippen LogP contribution in [-0.4, -0.2) is 0 Å². The second kappa shape index (κ2) is 5.06. The average molecular weight is 176 g/mol. The molecule has 0 heteroatoms. The molecular formula is C13H20. The average Bonchev–Trinajstić information content (AvgIpc) is 2.41. The highest BCUT2D eigenvalue weighted by molar-refractivity contribution is 5.33. The van der Waals surface area contributed by atoms with Gasteiger partial charge >= 0.3 is 0 Å². The summed E-state index contributed by atoms with van der Waals surface area (Å²) in [6.07, 6.45) is 12.6. The molecule has 0 N–H and O–H groups in total. The zero-order valence-corrected chi connectivity index (χ0v) is 9.01. The smallest absolute Gasteiger partial charge is 0.0133 e. The van der Waals surface area contributed by atoms with E-state index in [1.807, 2.05) is 0 Å². The summed E-state index contributed by atoms with van der Waals surface area (Å²) in [7, 11) is 0. The Morgan fingerprint density at radius 1 is 1.38 bits per heavy atom. The fourth-order valence-electron chi connectivity index (χ4n) is 1.53. The van der Waals surface area contributed by atoms with Gasteiger partial charge in [-0.2, -0.15) is 0 Å². The van der Waals surface area contributed by atoms with Crippen LogP contribution in [0, 0.1) is 5.92 Å². The van der Waals surface area contributed by atoms with Gasteiger partial charge in [-0.1, -0.05) is 50.6 Å². The monoisotopic (exact) mass is 176 g/mol. The topological polar surface area (TPSA) is 0 Å². The Morgan fingerprint density at radius 3 is 2.77 bits per heavy atom. The van der Waals surface area contributed by atoms with Crippen LogP contribution >= 0.6 is 0 Å². The minimum atomic E-state index is 0.698. The summed E-state index contributed by atoms with van der Waals surface area (Å²) >= 11 is 0. The molecule has 13 heavy (non-hydrogen) atoms. The first-order chi connectivity index (χ1) is 6.27. The molecule has 0 aliphatic heterocycles. The van der Waals surface area contributed by atoms with E-state index in [1.165, 1.54) is 18.4 Å². The maximum atomic E-state index is 2.38. The molecule has 0 spiro atoms. The minimum absolute atomic E-state index is 0.698. The predicted octanol–water partition coefficient (Wildman–Crippen LogP) is 4.26. The van der Waals surface area contributed by atoms with Crippen LogP contribution in [0.3, 0.4) is 0 Å². The lowest BCUT2D eigenvalue weighted by atomic mass is 9.96. The van der Waals surface area contributed by atoms with E-state index in [0.717, 1.165) is 6.42 Å². The Kier molecular flexibility index (Phi) is 4.01. The van der Waals surface area contributed by atoms with E-state index in [2.05, 4.69) is 45.1 Å². The number of hydrogen-bond acceptors (Lipinski definition) is 0. The molecule has 1 aliphatic rings. The highest BCUT2D eigenvalue weighted by atomic mass is 14.1. The van der Waals surface area contributed by atoms with Crippen LogP contribution in [0.1, 0.15) is 40.0 Å². The Bertz CT molecular complexity index is 241. The van der Waals surface area contributed by atoms with Crippen LogP contribution < -0.4 is 0 Å². The number of rotatable bonds is 3. The molecule has 0 nitrogen and oxygen atoms in total. The van der Waals surface area contributed by atoms with Crippen molar-refractivity contribution in [2.75, 3.05) is 0 Å². The Morgan fingerprint density at radius 2 is 2.15 bits per heavy atom. The van der Waals surface area contributed by atoms with Crippen molar-refractivity contribution >= 4 is 0 Å². The standard InChI is InChI=1S/C13H20/c1-4-11(3)13-9-7-6-8-12(5-2)10-13/h6-7,9-11H,4-5,8H2,1-3H3. The van der Waals surface area contributed by atoms with Crippen molar-refractivity contribution in [1.82, 2.24) is 0 Å². The molecule has 1 unspecified atom stereocenters. The van der Waals surface area contributed by atoms with Crippen molar-refractivity contribution in [2.45, 2.75) is 40.0 Å². The van der Waals surface area contributed by atoms with Gasteiger partial charge in [-0.3, -0.25) is 0 Å². The van der Waals surface area contributed by atoms with E-state index >= 15 is 0 Å². The van der Waals surface area contributed by atoms with E-state index in [1.54, 1.807) is 5.57 Å². The molecule has 1 atom stereocenters. The molecular weight excluding hydrogens is 156 g/mol. The molecule has 0 bridgehead atoms. The van der Waals surface area contributed by atoms with E-state index in [4.69, 9.17) is 0 Å². The third-order valence-corrected chi connectivity index (χ3v) is 2.81. The first kappa shape index (κ1) is 10.3. The van der Waals surface area contributed by atoms with Gasteiger partial charge in [0.1, 0.15) is 0 Å². The van der Waals surface area contributed by atoms with Crippen LogP contribution in [0.2, 0.25) is 0 Å². The first-order valence-electron chi connectivity index (χ1n) is 5.34.